The van der Waals surface area contributed by atoms with E-state index in [-0.39, 0.29) is 6.10 Å². The van der Waals surface area contributed by atoms with E-state index in [1.54, 1.807) is 0 Å². The molecule has 1 heteroatoms. The molecule has 5 aliphatic carbocycles. The predicted octanol–water partition coefficient (Wildman–Crippen LogP) is 7.61. The molecule has 29 heavy (non-hydrogen) atoms. The largest absolute Gasteiger partial charge is 0.393 e. The summed E-state index contributed by atoms with van der Waals surface area (Å²) in [6.07, 6.45) is 18.2. The van der Waals surface area contributed by atoms with E-state index in [0.29, 0.717) is 27.6 Å². The molecular formula is C28H48O. The zero-order valence-electron chi connectivity index (χ0n) is 20.1. The smallest absolute Gasteiger partial charge is 0.0571 e. The van der Waals surface area contributed by atoms with Crippen LogP contribution in [0.15, 0.2) is 0 Å². The minimum Gasteiger partial charge on any atom is -0.393 e. The predicted molar refractivity (Wildman–Crippen MR) is 122 cm³/mol. The Bertz CT molecular complexity index is 642. The zero-order chi connectivity index (χ0) is 20.7. The summed E-state index contributed by atoms with van der Waals surface area (Å²) < 4.78 is 0. The molecule has 0 aromatic carbocycles. The Morgan fingerprint density at radius 1 is 0.828 bits per heavy atom. The lowest BCUT2D eigenvalue weighted by Crippen LogP contribution is -2.65. The van der Waals surface area contributed by atoms with E-state index in [2.05, 4.69) is 34.6 Å². The van der Waals surface area contributed by atoms with E-state index in [4.69, 9.17) is 0 Å². The number of hydrogen-bond donors (Lipinski definition) is 1. The standard InChI is InChI=1S/C28H48O/c1-6-13-28-18-17-26(4)22-11-15-25(3)14-7-8-21(25)20(22)9-10-24(26)27(28,5)16-12-23(29)19(28)2/h19-24,29H,6-18H2,1-5H3. The van der Waals surface area contributed by atoms with Gasteiger partial charge in [-0.05, 0) is 122 Å². The summed E-state index contributed by atoms with van der Waals surface area (Å²) in [6.45, 7) is 12.9. The highest BCUT2D eigenvalue weighted by molar-refractivity contribution is 5.17. The quantitative estimate of drug-likeness (QED) is 0.505. The highest BCUT2D eigenvalue weighted by Crippen LogP contribution is 2.75. The maximum Gasteiger partial charge on any atom is 0.0571 e. The molecule has 0 aromatic rings. The Balaban J connectivity index is 1.51. The lowest BCUT2D eigenvalue weighted by Gasteiger charge is -2.72. The Morgan fingerprint density at radius 3 is 2.38 bits per heavy atom. The van der Waals surface area contributed by atoms with E-state index in [0.717, 1.165) is 30.1 Å². The molecule has 0 saturated heterocycles. The Hall–Kier alpha value is -0.0400. The van der Waals surface area contributed by atoms with Crippen molar-refractivity contribution in [3.63, 3.8) is 0 Å². The topological polar surface area (TPSA) is 20.2 Å². The molecule has 0 bridgehead atoms. The third-order valence-electron chi connectivity index (χ3n) is 12.8. The van der Waals surface area contributed by atoms with Gasteiger partial charge in [-0.2, -0.15) is 0 Å². The Labute approximate surface area is 180 Å². The second-order valence-electron chi connectivity index (χ2n) is 13.3. The first-order chi connectivity index (χ1) is 13.7. The molecule has 0 heterocycles. The van der Waals surface area contributed by atoms with E-state index >= 15 is 0 Å². The van der Waals surface area contributed by atoms with Crippen molar-refractivity contribution >= 4 is 0 Å². The number of rotatable bonds is 2. The van der Waals surface area contributed by atoms with Gasteiger partial charge in [-0.25, -0.2) is 0 Å². The number of aliphatic hydroxyl groups excluding tert-OH is 1. The fraction of sp³-hybridized carbons (Fsp3) is 1.00. The van der Waals surface area contributed by atoms with Crippen LogP contribution in [0.3, 0.4) is 0 Å². The third-order valence-corrected chi connectivity index (χ3v) is 12.8. The molecule has 0 aromatic heterocycles. The van der Waals surface area contributed by atoms with E-state index < -0.39 is 0 Å². The highest BCUT2D eigenvalue weighted by atomic mass is 16.3. The molecule has 10 unspecified atom stereocenters. The fourth-order valence-electron chi connectivity index (χ4n) is 11.3. The van der Waals surface area contributed by atoms with Crippen LogP contribution in [-0.4, -0.2) is 11.2 Å². The average molecular weight is 401 g/mol. The van der Waals surface area contributed by atoms with E-state index in [1.807, 2.05) is 0 Å². The van der Waals surface area contributed by atoms with Crippen molar-refractivity contribution < 1.29 is 5.11 Å². The van der Waals surface area contributed by atoms with Crippen LogP contribution < -0.4 is 0 Å². The summed E-state index contributed by atoms with van der Waals surface area (Å²) in [4.78, 5) is 0. The fourth-order valence-corrected chi connectivity index (χ4v) is 11.3. The summed E-state index contributed by atoms with van der Waals surface area (Å²) in [5, 5.41) is 10.9. The summed E-state index contributed by atoms with van der Waals surface area (Å²) in [7, 11) is 0. The van der Waals surface area contributed by atoms with Gasteiger partial charge in [-0.3, -0.25) is 0 Å². The molecule has 10 atom stereocenters. The van der Waals surface area contributed by atoms with Gasteiger partial charge < -0.3 is 5.11 Å². The van der Waals surface area contributed by atoms with Gasteiger partial charge in [0.2, 0.25) is 0 Å². The van der Waals surface area contributed by atoms with Crippen molar-refractivity contribution in [2.75, 3.05) is 0 Å². The molecule has 5 saturated carbocycles. The van der Waals surface area contributed by atoms with Gasteiger partial charge in [0.25, 0.3) is 0 Å². The normalized spacial score (nSPS) is 59.4. The summed E-state index contributed by atoms with van der Waals surface area (Å²) in [5.74, 6) is 4.40. The van der Waals surface area contributed by atoms with Crippen LogP contribution in [0.1, 0.15) is 118 Å². The molecule has 0 amide bonds. The minimum atomic E-state index is -0.0656. The van der Waals surface area contributed by atoms with Crippen molar-refractivity contribution in [1.29, 1.82) is 0 Å². The van der Waals surface area contributed by atoms with Crippen molar-refractivity contribution in [1.82, 2.24) is 0 Å². The lowest BCUT2D eigenvalue weighted by atomic mass is 9.33. The monoisotopic (exact) mass is 400 g/mol. The lowest BCUT2D eigenvalue weighted by molar-refractivity contribution is -0.239. The van der Waals surface area contributed by atoms with Crippen molar-refractivity contribution in [3.05, 3.63) is 0 Å². The molecule has 166 valence electrons. The van der Waals surface area contributed by atoms with Crippen LogP contribution in [0.2, 0.25) is 0 Å². The molecule has 1 N–H and O–H groups in total. The maximum absolute atomic E-state index is 10.9. The molecule has 0 radical (unpaired) electrons. The van der Waals surface area contributed by atoms with Crippen LogP contribution in [-0.2, 0) is 0 Å². The molecule has 0 spiro atoms. The zero-order valence-corrected chi connectivity index (χ0v) is 20.1. The van der Waals surface area contributed by atoms with Gasteiger partial charge in [-0.15, -0.1) is 0 Å². The van der Waals surface area contributed by atoms with Crippen molar-refractivity contribution in [2.24, 2.45) is 51.2 Å². The van der Waals surface area contributed by atoms with Gasteiger partial charge in [0.15, 0.2) is 0 Å². The second-order valence-corrected chi connectivity index (χ2v) is 13.3. The van der Waals surface area contributed by atoms with Gasteiger partial charge in [0.1, 0.15) is 0 Å². The van der Waals surface area contributed by atoms with Gasteiger partial charge in [0.05, 0.1) is 6.10 Å². The highest BCUT2D eigenvalue weighted by Gasteiger charge is 2.68. The van der Waals surface area contributed by atoms with E-state index in [9.17, 15) is 5.11 Å². The number of hydrogen-bond acceptors (Lipinski definition) is 1. The summed E-state index contributed by atoms with van der Waals surface area (Å²) in [6, 6.07) is 0. The first-order valence-corrected chi connectivity index (χ1v) is 13.4. The van der Waals surface area contributed by atoms with E-state index in [1.165, 1.54) is 77.0 Å². The van der Waals surface area contributed by atoms with Crippen LogP contribution in [0.25, 0.3) is 0 Å². The van der Waals surface area contributed by atoms with Crippen molar-refractivity contribution in [3.8, 4) is 0 Å². The number of aliphatic hydroxyl groups is 1. The Kier molecular flexibility index (Phi) is 4.83. The Morgan fingerprint density at radius 2 is 1.62 bits per heavy atom. The van der Waals surface area contributed by atoms with Gasteiger partial charge in [-0.1, -0.05) is 47.5 Å². The first-order valence-electron chi connectivity index (χ1n) is 13.4. The van der Waals surface area contributed by atoms with Gasteiger partial charge in [0, 0.05) is 0 Å². The van der Waals surface area contributed by atoms with Crippen LogP contribution in [0.4, 0.5) is 0 Å². The van der Waals surface area contributed by atoms with Crippen molar-refractivity contribution in [2.45, 2.75) is 124 Å². The first kappa shape index (κ1) is 20.8. The SMILES string of the molecule is CCCC12CCC3(C)C4CCC5(C)CCCC5C4CCC3C1(C)CCC(O)C2C. The van der Waals surface area contributed by atoms with Crippen LogP contribution in [0, 0.1) is 51.2 Å². The summed E-state index contributed by atoms with van der Waals surface area (Å²) in [5.41, 5.74) is 2.06. The molecule has 0 aliphatic heterocycles. The van der Waals surface area contributed by atoms with Crippen LogP contribution in [0.5, 0.6) is 0 Å². The number of fused-ring (bicyclic) bond motifs is 7. The molecule has 5 aliphatic rings. The molecule has 5 fully saturated rings. The second kappa shape index (κ2) is 6.73. The molecule has 5 rings (SSSR count). The summed E-state index contributed by atoms with van der Waals surface area (Å²) >= 11 is 0. The average Bonchev–Trinajstić information content (AvgIpc) is 3.09. The molecular weight excluding hydrogens is 352 g/mol. The van der Waals surface area contributed by atoms with Gasteiger partial charge >= 0.3 is 0 Å². The van der Waals surface area contributed by atoms with Crippen LogP contribution >= 0.6 is 0 Å². The minimum absolute atomic E-state index is 0.0656. The molecule has 1 nitrogen and oxygen atoms in total. The maximum atomic E-state index is 10.9. The third kappa shape index (κ3) is 2.55.